The molecule has 154 valence electrons. The SMILES string of the molecule is COc1ccc(OC)c(C2NC(c3ccc(C)cc3)=CC(c3ccccc3O)[NH2+]2)c1. The molecule has 0 amide bonds. The van der Waals surface area contributed by atoms with Gasteiger partial charge in [0.05, 0.1) is 25.3 Å². The Bertz CT molecular complexity index is 1060. The van der Waals surface area contributed by atoms with Crippen molar-refractivity contribution in [2.24, 2.45) is 0 Å². The van der Waals surface area contributed by atoms with Crippen LogP contribution in [0.25, 0.3) is 5.70 Å². The molecule has 0 aromatic heterocycles. The summed E-state index contributed by atoms with van der Waals surface area (Å²) in [6.07, 6.45) is 2.03. The Labute approximate surface area is 177 Å². The van der Waals surface area contributed by atoms with Gasteiger partial charge in [0.1, 0.15) is 23.3 Å². The molecule has 4 N–H and O–H groups in total. The first kappa shape index (κ1) is 19.9. The Kier molecular flexibility index (Phi) is 5.63. The van der Waals surface area contributed by atoms with E-state index in [0.29, 0.717) is 0 Å². The largest absolute Gasteiger partial charge is 0.507 e. The molecule has 0 saturated heterocycles. The predicted octanol–water partition coefficient (Wildman–Crippen LogP) is 3.67. The van der Waals surface area contributed by atoms with E-state index in [9.17, 15) is 5.11 Å². The Balaban J connectivity index is 1.79. The summed E-state index contributed by atoms with van der Waals surface area (Å²) in [4.78, 5) is 0. The van der Waals surface area contributed by atoms with Gasteiger partial charge in [0, 0.05) is 11.8 Å². The van der Waals surface area contributed by atoms with E-state index in [4.69, 9.17) is 9.47 Å². The molecule has 5 heteroatoms. The van der Waals surface area contributed by atoms with Crippen molar-refractivity contribution >= 4 is 5.70 Å². The zero-order valence-electron chi connectivity index (χ0n) is 17.4. The summed E-state index contributed by atoms with van der Waals surface area (Å²) in [5, 5.41) is 16.3. The van der Waals surface area contributed by atoms with Crippen LogP contribution >= 0.6 is 0 Å². The average Bonchev–Trinajstić information content (AvgIpc) is 2.79. The smallest absolute Gasteiger partial charge is 0.190 e. The van der Waals surface area contributed by atoms with Gasteiger partial charge >= 0.3 is 0 Å². The number of nitrogens with two attached hydrogens (primary N) is 1. The molecule has 1 heterocycles. The second kappa shape index (κ2) is 8.51. The first-order valence-corrected chi connectivity index (χ1v) is 9.99. The number of rotatable bonds is 5. The van der Waals surface area contributed by atoms with E-state index < -0.39 is 0 Å². The molecular formula is C25H27N2O3+. The van der Waals surface area contributed by atoms with Crippen LogP contribution in [0.15, 0.2) is 72.8 Å². The lowest BCUT2D eigenvalue weighted by atomic mass is 9.97. The second-order valence-electron chi connectivity index (χ2n) is 7.45. The maximum atomic E-state index is 10.5. The van der Waals surface area contributed by atoms with Crippen molar-refractivity contribution in [3.63, 3.8) is 0 Å². The average molecular weight is 404 g/mol. The second-order valence-corrected chi connectivity index (χ2v) is 7.45. The number of quaternary nitrogens is 1. The lowest BCUT2D eigenvalue weighted by Gasteiger charge is -2.31. The molecule has 4 rings (SSSR count). The third kappa shape index (κ3) is 3.98. The van der Waals surface area contributed by atoms with Gasteiger partial charge in [-0.1, -0.05) is 42.0 Å². The summed E-state index contributed by atoms with van der Waals surface area (Å²) < 4.78 is 11.1. The van der Waals surface area contributed by atoms with Crippen LogP contribution in [0.1, 0.15) is 34.5 Å². The number of ether oxygens (including phenoxy) is 2. The van der Waals surface area contributed by atoms with E-state index in [2.05, 4.69) is 47.9 Å². The molecule has 2 atom stereocenters. The fourth-order valence-corrected chi connectivity index (χ4v) is 3.85. The van der Waals surface area contributed by atoms with Crippen molar-refractivity contribution in [2.75, 3.05) is 14.2 Å². The molecule has 0 fully saturated rings. The Morgan fingerprint density at radius 1 is 0.900 bits per heavy atom. The first-order valence-electron chi connectivity index (χ1n) is 9.99. The van der Waals surface area contributed by atoms with E-state index >= 15 is 0 Å². The van der Waals surface area contributed by atoms with Crippen molar-refractivity contribution in [3.05, 3.63) is 95.1 Å². The lowest BCUT2D eigenvalue weighted by molar-refractivity contribution is -0.731. The Morgan fingerprint density at radius 3 is 2.37 bits per heavy atom. The molecular weight excluding hydrogens is 376 g/mol. The fraction of sp³-hybridized carbons (Fsp3) is 0.200. The van der Waals surface area contributed by atoms with Crippen molar-refractivity contribution in [2.45, 2.75) is 19.1 Å². The maximum Gasteiger partial charge on any atom is 0.190 e. The topological polar surface area (TPSA) is 67.3 Å². The Morgan fingerprint density at radius 2 is 1.67 bits per heavy atom. The highest BCUT2D eigenvalue weighted by Crippen LogP contribution is 2.33. The fourth-order valence-electron chi connectivity index (χ4n) is 3.85. The molecule has 30 heavy (non-hydrogen) atoms. The van der Waals surface area contributed by atoms with Crippen LogP contribution in [0.4, 0.5) is 0 Å². The van der Waals surface area contributed by atoms with Gasteiger partial charge in [-0.05, 0) is 42.8 Å². The number of benzene rings is 3. The molecule has 0 radical (unpaired) electrons. The minimum absolute atomic E-state index is 0.0651. The van der Waals surface area contributed by atoms with E-state index in [0.717, 1.165) is 33.9 Å². The van der Waals surface area contributed by atoms with Crippen LogP contribution in [0.2, 0.25) is 0 Å². The third-order valence-electron chi connectivity index (χ3n) is 5.49. The van der Waals surface area contributed by atoms with Crippen LogP contribution < -0.4 is 20.1 Å². The molecule has 0 aliphatic carbocycles. The number of methoxy groups -OCH3 is 2. The van der Waals surface area contributed by atoms with Gasteiger partial charge in [-0.15, -0.1) is 0 Å². The maximum absolute atomic E-state index is 10.5. The van der Waals surface area contributed by atoms with Crippen molar-refractivity contribution in [1.82, 2.24) is 5.32 Å². The van der Waals surface area contributed by atoms with Crippen LogP contribution in [0, 0.1) is 6.92 Å². The number of hydrogen-bond donors (Lipinski definition) is 3. The summed E-state index contributed by atoms with van der Waals surface area (Å²) in [7, 11) is 3.33. The van der Waals surface area contributed by atoms with Gasteiger partial charge in [0.15, 0.2) is 6.17 Å². The molecule has 3 aromatic rings. The normalized spacial score (nSPS) is 18.3. The van der Waals surface area contributed by atoms with E-state index in [1.165, 1.54) is 5.56 Å². The standard InChI is InChI=1S/C25H26N2O3/c1-16-8-10-17(11-9-16)21-15-22(19-6-4-5-7-23(19)28)27-25(26-21)20-14-18(29-2)12-13-24(20)30-3/h4-15,22,25-28H,1-3H3/p+1. The van der Waals surface area contributed by atoms with E-state index in [-0.39, 0.29) is 18.0 Å². The quantitative estimate of drug-likeness (QED) is 0.608. The number of hydrogen-bond acceptors (Lipinski definition) is 4. The number of phenols is 1. The summed E-state index contributed by atoms with van der Waals surface area (Å²) in [6.45, 7) is 2.08. The molecule has 5 nitrogen and oxygen atoms in total. The van der Waals surface area contributed by atoms with Crippen LogP contribution in [0.5, 0.6) is 17.2 Å². The van der Waals surface area contributed by atoms with Crippen LogP contribution in [-0.4, -0.2) is 19.3 Å². The zero-order valence-corrected chi connectivity index (χ0v) is 17.4. The van der Waals surface area contributed by atoms with Crippen molar-refractivity contribution in [3.8, 4) is 17.2 Å². The lowest BCUT2D eigenvalue weighted by Crippen LogP contribution is -2.89. The number of phenolic OH excluding ortho intramolecular Hbond substituents is 1. The van der Waals surface area contributed by atoms with Gasteiger partial charge in [0.25, 0.3) is 0 Å². The monoisotopic (exact) mass is 403 g/mol. The van der Waals surface area contributed by atoms with E-state index in [1.807, 2.05) is 36.4 Å². The molecule has 2 unspecified atom stereocenters. The highest BCUT2D eigenvalue weighted by Gasteiger charge is 2.31. The third-order valence-corrected chi connectivity index (χ3v) is 5.49. The number of aryl methyl sites for hydroxylation is 1. The molecule has 0 spiro atoms. The minimum atomic E-state index is -0.124. The molecule has 0 bridgehead atoms. The van der Waals surface area contributed by atoms with Gasteiger partial charge < -0.3 is 25.2 Å². The Hall–Kier alpha value is -3.44. The molecule has 3 aromatic carbocycles. The van der Waals surface area contributed by atoms with Crippen LogP contribution in [0.3, 0.4) is 0 Å². The number of para-hydroxylation sites is 1. The summed E-state index contributed by atoms with van der Waals surface area (Å²) in [5.41, 5.74) is 5.18. The molecule has 0 saturated carbocycles. The highest BCUT2D eigenvalue weighted by molar-refractivity contribution is 5.66. The summed E-state index contributed by atoms with van der Waals surface area (Å²) >= 11 is 0. The van der Waals surface area contributed by atoms with Gasteiger partial charge in [0.2, 0.25) is 0 Å². The first-order chi connectivity index (χ1) is 14.6. The van der Waals surface area contributed by atoms with Gasteiger partial charge in [-0.25, -0.2) is 0 Å². The summed E-state index contributed by atoms with van der Waals surface area (Å²) in [6, 6.07) is 21.7. The van der Waals surface area contributed by atoms with Gasteiger partial charge in [-0.3, -0.25) is 0 Å². The number of nitrogens with one attached hydrogen (secondary N) is 1. The van der Waals surface area contributed by atoms with Crippen molar-refractivity contribution in [1.29, 1.82) is 0 Å². The molecule has 1 aliphatic rings. The predicted molar refractivity (Wildman–Crippen MR) is 117 cm³/mol. The molecule has 1 aliphatic heterocycles. The van der Waals surface area contributed by atoms with E-state index in [1.54, 1.807) is 20.3 Å². The zero-order chi connectivity index (χ0) is 21.1. The van der Waals surface area contributed by atoms with Crippen molar-refractivity contribution < 1.29 is 19.9 Å². The minimum Gasteiger partial charge on any atom is -0.507 e. The highest BCUT2D eigenvalue weighted by atomic mass is 16.5. The van der Waals surface area contributed by atoms with Crippen LogP contribution in [-0.2, 0) is 0 Å². The number of aromatic hydroxyl groups is 1. The summed E-state index contributed by atoms with van der Waals surface area (Å²) in [5.74, 6) is 1.84. The van der Waals surface area contributed by atoms with Gasteiger partial charge in [-0.2, -0.15) is 0 Å².